The first-order valence-corrected chi connectivity index (χ1v) is 8.86. The van der Waals surface area contributed by atoms with Crippen molar-refractivity contribution in [3.8, 4) is 0 Å². The number of hydrogen-bond donors (Lipinski definition) is 0. The van der Waals surface area contributed by atoms with Crippen LogP contribution in [-0.2, 0) is 16.2 Å². The third-order valence-corrected chi connectivity index (χ3v) is 5.87. The highest BCUT2D eigenvalue weighted by atomic mass is 35.5. The third kappa shape index (κ3) is 3.52. The van der Waals surface area contributed by atoms with Gasteiger partial charge in [0.15, 0.2) is 0 Å². The number of hydrogen-bond acceptors (Lipinski definition) is 2. The number of halogens is 4. The zero-order valence-corrected chi connectivity index (χ0v) is 14.5. The summed E-state index contributed by atoms with van der Waals surface area (Å²) in [5.74, 6) is 0. The summed E-state index contributed by atoms with van der Waals surface area (Å²) in [5.41, 5.74) is 0.0193. The van der Waals surface area contributed by atoms with Crippen LogP contribution < -0.4 is 4.31 Å². The summed E-state index contributed by atoms with van der Waals surface area (Å²) in [6, 6.07) is 9.00. The molecule has 0 aromatic heterocycles. The molecule has 0 heterocycles. The first-order chi connectivity index (χ1) is 11.1. The molecule has 8 heteroatoms. The van der Waals surface area contributed by atoms with Crippen LogP contribution in [0.3, 0.4) is 0 Å². The Labute approximate surface area is 143 Å². The minimum absolute atomic E-state index is 0.0553. The molecule has 0 spiro atoms. The van der Waals surface area contributed by atoms with E-state index in [1.54, 1.807) is 38.1 Å². The van der Waals surface area contributed by atoms with E-state index in [-0.39, 0.29) is 11.6 Å². The van der Waals surface area contributed by atoms with Gasteiger partial charge in [0.05, 0.1) is 16.3 Å². The molecule has 24 heavy (non-hydrogen) atoms. The Bertz CT molecular complexity index is 851. The molecule has 130 valence electrons. The van der Waals surface area contributed by atoms with Gasteiger partial charge in [0.25, 0.3) is 10.0 Å². The Morgan fingerprint density at radius 3 is 2.29 bits per heavy atom. The summed E-state index contributed by atoms with van der Waals surface area (Å²) in [6.45, 7) is 3.38. The first-order valence-electron chi connectivity index (χ1n) is 7.04. The van der Waals surface area contributed by atoms with Gasteiger partial charge in [0, 0.05) is 6.54 Å². The Morgan fingerprint density at radius 1 is 1.12 bits per heavy atom. The largest absolute Gasteiger partial charge is 0.416 e. The van der Waals surface area contributed by atoms with Crippen molar-refractivity contribution in [3.63, 3.8) is 0 Å². The quantitative estimate of drug-likeness (QED) is 0.761. The fourth-order valence-corrected chi connectivity index (χ4v) is 4.35. The van der Waals surface area contributed by atoms with Gasteiger partial charge < -0.3 is 0 Å². The van der Waals surface area contributed by atoms with E-state index in [1.807, 2.05) is 0 Å². The lowest BCUT2D eigenvalue weighted by Crippen LogP contribution is -2.31. The van der Waals surface area contributed by atoms with Crippen LogP contribution in [0.25, 0.3) is 0 Å². The van der Waals surface area contributed by atoms with Crippen LogP contribution in [0.2, 0.25) is 5.02 Å². The van der Waals surface area contributed by atoms with Crippen LogP contribution in [0.15, 0.2) is 47.4 Å². The van der Waals surface area contributed by atoms with E-state index in [0.717, 1.165) is 16.4 Å². The number of rotatable bonds is 4. The summed E-state index contributed by atoms with van der Waals surface area (Å²) < 4.78 is 65.5. The molecule has 0 radical (unpaired) electrons. The highest BCUT2D eigenvalue weighted by molar-refractivity contribution is 7.93. The maximum absolute atomic E-state index is 12.9. The molecule has 3 nitrogen and oxygen atoms in total. The highest BCUT2D eigenvalue weighted by Crippen LogP contribution is 2.35. The van der Waals surface area contributed by atoms with Gasteiger partial charge in [-0.2, -0.15) is 13.2 Å². The summed E-state index contributed by atoms with van der Waals surface area (Å²) >= 11 is 5.89. The summed E-state index contributed by atoms with van der Waals surface area (Å²) in [6.07, 6.45) is -4.66. The second-order valence-electron chi connectivity index (χ2n) is 5.10. The van der Waals surface area contributed by atoms with Gasteiger partial charge in [-0.1, -0.05) is 29.8 Å². The van der Waals surface area contributed by atoms with Gasteiger partial charge in [-0.15, -0.1) is 0 Å². The van der Waals surface area contributed by atoms with Crippen molar-refractivity contribution in [2.45, 2.75) is 24.9 Å². The molecule has 0 aliphatic heterocycles. The average molecular weight is 378 g/mol. The average Bonchev–Trinajstić information content (AvgIpc) is 2.48. The maximum Gasteiger partial charge on any atom is 0.416 e. The third-order valence-electron chi connectivity index (χ3n) is 3.50. The van der Waals surface area contributed by atoms with Crippen molar-refractivity contribution in [3.05, 3.63) is 58.6 Å². The van der Waals surface area contributed by atoms with Crippen LogP contribution in [-0.4, -0.2) is 15.0 Å². The van der Waals surface area contributed by atoms with Gasteiger partial charge in [-0.25, -0.2) is 8.42 Å². The van der Waals surface area contributed by atoms with E-state index in [0.29, 0.717) is 17.3 Å². The van der Waals surface area contributed by atoms with Gasteiger partial charge >= 0.3 is 6.18 Å². The van der Waals surface area contributed by atoms with E-state index in [1.165, 1.54) is 0 Å². The predicted octanol–water partition coefficient (Wildman–Crippen LogP) is 4.88. The van der Waals surface area contributed by atoms with E-state index in [4.69, 9.17) is 11.6 Å². The number of benzene rings is 2. The minimum Gasteiger partial charge on any atom is -0.266 e. The van der Waals surface area contributed by atoms with Crippen molar-refractivity contribution in [2.24, 2.45) is 0 Å². The van der Waals surface area contributed by atoms with E-state index >= 15 is 0 Å². The van der Waals surface area contributed by atoms with Crippen molar-refractivity contribution in [1.82, 2.24) is 0 Å². The number of anilines is 1. The Kier molecular flexibility index (Phi) is 5.15. The van der Waals surface area contributed by atoms with Gasteiger partial charge in [-0.3, -0.25) is 4.31 Å². The topological polar surface area (TPSA) is 37.4 Å². The second kappa shape index (κ2) is 6.64. The molecule has 0 saturated heterocycles. The second-order valence-corrected chi connectivity index (χ2v) is 7.34. The molecule has 0 amide bonds. The zero-order chi connectivity index (χ0) is 18.1. The molecule has 2 aromatic carbocycles. The molecule has 0 N–H and O–H groups in total. The lowest BCUT2D eigenvalue weighted by atomic mass is 10.2. The van der Waals surface area contributed by atoms with Gasteiger partial charge in [0.1, 0.15) is 4.90 Å². The Morgan fingerprint density at radius 2 is 1.75 bits per heavy atom. The SMILES string of the molecule is CCN(c1ccccc1C)S(=O)(=O)c1cc(C(F)(F)F)ccc1Cl. The van der Waals surface area contributed by atoms with Crippen molar-refractivity contribution in [2.75, 3.05) is 10.8 Å². The highest BCUT2D eigenvalue weighted by Gasteiger charge is 2.34. The van der Waals surface area contributed by atoms with Crippen LogP contribution in [0, 0.1) is 6.92 Å². The van der Waals surface area contributed by atoms with Gasteiger partial charge in [-0.05, 0) is 43.7 Å². The molecule has 0 fully saturated rings. The number of para-hydroxylation sites is 1. The minimum atomic E-state index is -4.66. The molecular formula is C16H15ClF3NO2S. The van der Waals surface area contributed by atoms with E-state index < -0.39 is 26.7 Å². The van der Waals surface area contributed by atoms with Crippen LogP contribution in [0.1, 0.15) is 18.1 Å². The summed E-state index contributed by atoms with van der Waals surface area (Å²) in [5, 5.41) is -0.255. The van der Waals surface area contributed by atoms with Crippen molar-refractivity contribution >= 4 is 27.3 Å². The van der Waals surface area contributed by atoms with Crippen molar-refractivity contribution in [1.29, 1.82) is 0 Å². The number of nitrogens with zero attached hydrogens (tertiary/aromatic N) is 1. The summed E-state index contributed by atoms with van der Waals surface area (Å²) in [4.78, 5) is -0.566. The van der Waals surface area contributed by atoms with E-state index in [9.17, 15) is 21.6 Å². The van der Waals surface area contributed by atoms with Crippen molar-refractivity contribution < 1.29 is 21.6 Å². The number of sulfonamides is 1. The molecule has 0 bridgehead atoms. The number of aryl methyl sites for hydroxylation is 1. The molecular weight excluding hydrogens is 363 g/mol. The Hall–Kier alpha value is -1.73. The standard InChI is InChI=1S/C16H15ClF3NO2S/c1-3-21(14-7-5-4-6-11(14)2)24(22,23)15-10-12(16(18,19)20)8-9-13(15)17/h4-10H,3H2,1-2H3. The smallest absolute Gasteiger partial charge is 0.266 e. The lowest BCUT2D eigenvalue weighted by Gasteiger charge is -2.25. The normalized spacial score (nSPS) is 12.2. The predicted molar refractivity (Wildman–Crippen MR) is 87.8 cm³/mol. The van der Waals surface area contributed by atoms with Crippen LogP contribution >= 0.6 is 11.6 Å². The van der Waals surface area contributed by atoms with E-state index in [2.05, 4.69) is 0 Å². The monoisotopic (exact) mass is 377 g/mol. The molecule has 0 aliphatic carbocycles. The van der Waals surface area contributed by atoms with Gasteiger partial charge in [0.2, 0.25) is 0 Å². The zero-order valence-electron chi connectivity index (χ0n) is 12.9. The molecule has 2 rings (SSSR count). The fourth-order valence-electron chi connectivity index (χ4n) is 2.31. The van der Waals surface area contributed by atoms with Crippen LogP contribution in [0.4, 0.5) is 18.9 Å². The first kappa shape index (κ1) is 18.6. The molecule has 0 aliphatic rings. The number of alkyl halides is 3. The Balaban J connectivity index is 2.63. The molecule has 0 atom stereocenters. The molecule has 0 unspecified atom stereocenters. The maximum atomic E-state index is 12.9. The lowest BCUT2D eigenvalue weighted by molar-refractivity contribution is -0.137. The molecule has 2 aromatic rings. The van der Waals surface area contributed by atoms with Crippen LogP contribution in [0.5, 0.6) is 0 Å². The fraction of sp³-hybridized carbons (Fsp3) is 0.250. The molecule has 0 saturated carbocycles. The summed E-state index contributed by atoms with van der Waals surface area (Å²) in [7, 11) is -4.24.